The van der Waals surface area contributed by atoms with Crippen LogP contribution in [-0.2, 0) is 26.1 Å². The zero-order valence-corrected chi connectivity index (χ0v) is 21.4. The number of nitrogens with zero attached hydrogens (tertiary/aromatic N) is 1. The molecule has 0 aliphatic heterocycles. The first-order valence-electron chi connectivity index (χ1n) is 11.1. The molecule has 35 heavy (non-hydrogen) atoms. The summed E-state index contributed by atoms with van der Waals surface area (Å²) in [6.07, 6.45) is 0. The van der Waals surface area contributed by atoms with E-state index in [0.717, 1.165) is 16.7 Å². The van der Waals surface area contributed by atoms with Gasteiger partial charge in [0.1, 0.15) is 0 Å². The summed E-state index contributed by atoms with van der Waals surface area (Å²) in [7, 11) is -2.69. The van der Waals surface area contributed by atoms with Crippen LogP contribution in [0.3, 0.4) is 0 Å². The van der Waals surface area contributed by atoms with Crippen LogP contribution in [0, 0.1) is 27.7 Å². The quantitative estimate of drug-likeness (QED) is 0.464. The van der Waals surface area contributed by atoms with Gasteiger partial charge in [-0.05, 0) is 68.7 Å². The number of aryl methyl sites for hydroxylation is 4. The summed E-state index contributed by atoms with van der Waals surface area (Å²) in [5, 5.41) is 2.72. The molecule has 0 fully saturated rings. The van der Waals surface area contributed by atoms with E-state index < -0.39 is 21.9 Å². The molecule has 184 valence electrons. The van der Waals surface area contributed by atoms with E-state index in [1.807, 2.05) is 50.2 Å². The zero-order chi connectivity index (χ0) is 25.8. The van der Waals surface area contributed by atoms with Crippen molar-refractivity contribution in [2.75, 3.05) is 19.0 Å². The molecule has 3 aromatic carbocycles. The van der Waals surface area contributed by atoms with E-state index in [2.05, 4.69) is 10.1 Å². The molecular weight excluding hydrogens is 464 g/mol. The van der Waals surface area contributed by atoms with Crippen LogP contribution in [0.1, 0.15) is 38.2 Å². The van der Waals surface area contributed by atoms with Crippen molar-refractivity contribution in [2.24, 2.45) is 0 Å². The summed E-state index contributed by atoms with van der Waals surface area (Å²) >= 11 is 0. The lowest BCUT2D eigenvalue weighted by Crippen LogP contribution is -2.38. The molecule has 0 radical (unpaired) electrons. The third-order valence-corrected chi connectivity index (χ3v) is 7.69. The molecule has 1 N–H and O–H groups in total. The highest BCUT2D eigenvalue weighted by Crippen LogP contribution is 2.26. The van der Waals surface area contributed by atoms with Crippen LogP contribution in [0.15, 0.2) is 65.6 Å². The molecule has 3 rings (SSSR count). The summed E-state index contributed by atoms with van der Waals surface area (Å²) in [5.41, 5.74) is 4.86. The fourth-order valence-electron chi connectivity index (χ4n) is 3.99. The Balaban J connectivity index is 1.90. The van der Waals surface area contributed by atoms with Gasteiger partial charge in [-0.3, -0.25) is 4.79 Å². The molecular formula is C27H30N2O5S. The first-order chi connectivity index (χ1) is 16.5. The fraction of sp³-hybridized carbons (Fsp3) is 0.259. The number of carbonyl (C=O) groups is 2. The van der Waals surface area contributed by atoms with Gasteiger partial charge in [0.2, 0.25) is 15.9 Å². The second-order valence-electron chi connectivity index (χ2n) is 8.60. The van der Waals surface area contributed by atoms with E-state index in [9.17, 15) is 18.0 Å². The number of hydrogen-bond acceptors (Lipinski definition) is 5. The molecule has 1 amide bonds. The Morgan fingerprint density at radius 2 is 1.43 bits per heavy atom. The molecule has 0 unspecified atom stereocenters. The predicted octanol–water partition coefficient (Wildman–Crippen LogP) is 4.54. The first-order valence-corrected chi connectivity index (χ1v) is 12.6. The second-order valence-corrected chi connectivity index (χ2v) is 10.5. The first kappa shape index (κ1) is 26.1. The van der Waals surface area contributed by atoms with Crippen LogP contribution >= 0.6 is 0 Å². The van der Waals surface area contributed by atoms with Crippen LogP contribution < -0.4 is 5.32 Å². The number of rotatable bonds is 8. The van der Waals surface area contributed by atoms with E-state index in [1.54, 1.807) is 26.0 Å². The van der Waals surface area contributed by atoms with E-state index in [1.165, 1.54) is 23.5 Å². The lowest BCUT2D eigenvalue weighted by atomic mass is 10.1. The van der Waals surface area contributed by atoms with Crippen LogP contribution in [-0.4, -0.2) is 38.3 Å². The monoisotopic (exact) mass is 494 g/mol. The second kappa shape index (κ2) is 10.8. The molecule has 0 aromatic heterocycles. The number of ether oxygens (including phenoxy) is 1. The number of hydrogen-bond donors (Lipinski definition) is 1. The maximum Gasteiger partial charge on any atom is 0.337 e. The van der Waals surface area contributed by atoms with Gasteiger partial charge in [0.25, 0.3) is 0 Å². The predicted molar refractivity (Wildman–Crippen MR) is 136 cm³/mol. The number of carbonyl (C=O) groups excluding carboxylic acids is 2. The highest BCUT2D eigenvalue weighted by atomic mass is 32.2. The lowest BCUT2D eigenvalue weighted by molar-refractivity contribution is -0.116. The van der Waals surface area contributed by atoms with Gasteiger partial charge >= 0.3 is 5.97 Å². The Hall–Kier alpha value is -3.49. The minimum absolute atomic E-state index is 0.0457. The number of anilines is 1. The van der Waals surface area contributed by atoms with Crippen molar-refractivity contribution in [3.63, 3.8) is 0 Å². The molecule has 3 aromatic rings. The summed E-state index contributed by atoms with van der Waals surface area (Å²) in [6, 6.07) is 17.4. The van der Waals surface area contributed by atoms with Crippen LogP contribution in [0.25, 0.3) is 0 Å². The third-order valence-electron chi connectivity index (χ3n) is 5.59. The van der Waals surface area contributed by atoms with Crippen LogP contribution in [0.2, 0.25) is 0 Å². The van der Waals surface area contributed by atoms with Gasteiger partial charge in [-0.1, -0.05) is 47.5 Å². The van der Waals surface area contributed by atoms with E-state index in [-0.39, 0.29) is 18.0 Å². The van der Waals surface area contributed by atoms with Crippen molar-refractivity contribution in [2.45, 2.75) is 39.1 Å². The van der Waals surface area contributed by atoms with Crippen molar-refractivity contribution in [3.05, 3.63) is 94.0 Å². The van der Waals surface area contributed by atoms with Crippen molar-refractivity contribution in [1.29, 1.82) is 0 Å². The lowest BCUT2D eigenvalue weighted by Gasteiger charge is -2.24. The van der Waals surface area contributed by atoms with Crippen molar-refractivity contribution in [3.8, 4) is 0 Å². The van der Waals surface area contributed by atoms with Crippen molar-refractivity contribution >= 4 is 27.6 Å². The summed E-state index contributed by atoms with van der Waals surface area (Å²) in [5.74, 6) is -0.976. The minimum atomic E-state index is -3.98. The zero-order valence-electron chi connectivity index (χ0n) is 20.6. The maximum atomic E-state index is 13.8. The summed E-state index contributed by atoms with van der Waals surface area (Å²) in [4.78, 5) is 24.8. The minimum Gasteiger partial charge on any atom is -0.465 e. The van der Waals surface area contributed by atoms with Gasteiger partial charge < -0.3 is 10.1 Å². The number of amides is 1. The average Bonchev–Trinajstić information content (AvgIpc) is 2.79. The van der Waals surface area contributed by atoms with Gasteiger partial charge in [0.05, 0.1) is 24.1 Å². The summed E-state index contributed by atoms with van der Waals surface area (Å²) < 4.78 is 33.5. The summed E-state index contributed by atoms with van der Waals surface area (Å²) in [6.45, 7) is 7.07. The molecule has 7 nitrogen and oxygen atoms in total. The van der Waals surface area contributed by atoms with E-state index in [0.29, 0.717) is 22.4 Å². The normalized spacial score (nSPS) is 11.4. The van der Waals surface area contributed by atoms with Crippen LogP contribution in [0.5, 0.6) is 0 Å². The third kappa shape index (κ3) is 6.35. The van der Waals surface area contributed by atoms with Gasteiger partial charge in [-0.15, -0.1) is 0 Å². The van der Waals surface area contributed by atoms with Gasteiger partial charge in [0, 0.05) is 12.2 Å². The highest BCUT2D eigenvalue weighted by molar-refractivity contribution is 7.89. The van der Waals surface area contributed by atoms with E-state index in [4.69, 9.17) is 0 Å². The smallest absolute Gasteiger partial charge is 0.337 e. The fourth-order valence-corrected chi connectivity index (χ4v) is 5.79. The molecule has 0 heterocycles. The van der Waals surface area contributed by atoms with Crippen molar-refractivity contribution < 1.29 is 22.7 Å². The number of methoxy groups -OCH3 is 1. The molecule has 0 saturated carbocycles. The Kier molecular flexibility index (Phi) is 8.09. The number of sulfonamides is 1. The topological polar surface area (TPSA) is 92.8 Å². The molecule has 0 spiro atoms. The Morgan fingerprint density at radius 3 is 1.97 bits per heavy atom. The standard InChI is InChI=1S/C27H30N2O5S/c1-18-6-8-22(9-7-18)16-29(35(32,33)26-20(3)14-19(2)15-21(26)4)17-25(30)28-24-12-10-23(11-13-24)27(31)34-5/h6-15H,16-17H2,1-5H3,(H,28,30). The van der Waals surface area contributed by atoms with Gasteiger partial charge in [-0.2, -0.15) is 4.31 Å². The molecule has 0 aliphatic rings. The van der Waals surface area contributed by atoms with Crippen molar-refractivity contribution in [1.82, 2.24) is 4.31 Å². The van der Waals surface area contributed by atoms with E-state index >= 15 is 0 Å². The molecule has 0 saturated heterocycles. The average molecular weight is 495 g/mol. The van der Waals surface area contributed by atoms with Crippen LogP contribution in [0.4, 0.5) is 5.69 Å². The number of nitrogens with one attached hydrogen (secondary N) is 1. The largest absolute Gasteiger partial charge is 0.465 e. The Labute approximate surface area is 206 Å². The SMILES string of the molecule is COC(=O)c1ccc(NC(=O)CN(Cc2ccc(C)cc2)S(=O)(=O)c2c(C)cc(C)cc2C)cc1. The molecule has 8 heteroatoms. The van der Waals surface area contributed by atoms with Gasteiger partial charge in [0.15, 0.2) is 0 Å². The maximum absolute atomic E-state index is 13.8. The van der Waals surface area contributed by atoms with Gasteiger partial charge in [-0.25, -0.2) is 13.2 Å². The molecule has 0 aliphatic carbocycles. The Morgan fingerprint density at radius 1 is 0.857 bits per heavy atom. The molecule has 0 atom stereocenters. The highest BCUT2D eigenvalue weighted by Gasteiger charge is 2.30. The Bertz CT molecular complexity index is 1310. The molecule has 0 bridgehead atoms. The number of benzene rings is 3. The number of esters is 1.